The first kappa shape index (κ1) is 24.7. The molecule has 0 unspecified atom stereocenters. The number of hydrogen-bond donors (Lipinski definition) is 1. The number of hydrazone groups is 1. The Morgan fingerprint density at radius 1 is 0.811 bits per heavy atom. The third-order valence-electron chi connectivity index (χ3n) is 5.27. The number of nitrogens with one attached hydrogen (secondary N) is 1. The summed E-state index contributed by atoms with van der Waals surface area (Å²) < 4.78 is 30.0. The molecule has 0 spiro atoms. The number of aromatic nitrogens is 1. The predicted octanol–water partition coefficient (Wildman–Crippen LogP) is 7.34. The molecule has 0 saturated carbocycles. The van der Waals surface area contributed by atoms with E-state index in [0.717, 1.165) is 27.3 Å². The van der Waals surface area contributed by atoms with E-state index in [4.69, 9.17) is 20.8 Å². The molecule has 9 heteroatoms. The van der Waals surface area contributed by atoms with E-state index >= 15 is 0 Å². The maximum atomic E-state index is 12.4. The maximum absolute atomic E-state index is 12.4. The summed E-state index contributed by atoms with van der Waals surface area (Å²) in [5, 5.41) is 5.61. The average Bonchev–Trinajstić information content (AvgIpc) is 3.35. The Morgan fingerprint density at radius 2 is 1.46 bits per heavy atom. The zero-order valence-electron chi connectivity index (χ0n) is 19.3. The largest absolute Gasteiger partial charge is 0.379 e. The third kappa shape index (κ3) is 6.06. The van der Waals surface area contributed by atoms with Crippen LogP contribution in [0.2, 0.25) is 5.02 Å². The average molecular weight is 546 g/mol. The molecule has 6 nitrogen and oxygen atoms in total. The molecule has 184 valence electrons. The summed E-state index contributed by atoms with van der Waals surface area (Å²) in [4.78, 5) is 5.88. The number of rotatable bonds is 8. The fraction of sp³-hybridized carbons (Fsp3) is 0. The SMILES string of the molecule is O=S(=O)(Oc1ccc(/C=N/Nc2nc(-c3ccc(Cl)cc3)c(-c3ccccc3)s2)cc1)c1ccccc1. The quantitative estimate of drug-likeness (QED) is 0.125. The van der Waals surface area contributed by atoms with Gasteiger partial charge >= 0.3 is 10.1 Å². The van der Waals surface area contributed by atoms with E-state index in [2.05, 4.69) is 10.5 Å². The van der Waals surface area contributed by atoms with Crippen molar-refractivity contribution in [2.75, 3.05) is 5.43 Å². The molecule has 0 fully saturated rings. The van der Waals surface area contributed by atoms with Crippen molar-refractivity contribution in [3.8, 4) is 27.4 Å². The van der Waals surface area contributed by atoms with Crippen LogP contribution < -0.4 is 9.61 Å². The van der Waals surface area contributed by atoms with Crippen LogP contribution >= 0.6 is 22.9 Å². The van der Waals surface area contributed by atoms with Gasteiger partial charge in [0.05, 0.1) is 16.8 Å². The van der Waals surface area contributed by atoms with Gasteiger partial charge in [0.1, 0.15) is 10.6 Å². The van der Waals surface area contributed by atoms with Crippen LogP contribution in [-0.2, 0) is 10.1 Å². The van der Waals surface area contributed by atoms with Gasteiger partial charge < -0.3 is 4.18 Å². The smallest absolute Gasteiger partial charge is 0.339 e. The fourth-order valence-corrected chi connectivity index (χ4v) is 5.51. The first-order valence-electron chi connectivity index (χ1n) is 11.2. The van der Waals surface area contributed by atoms with Crippen molar-refractivity contribution in [3.63, 3.8) is 0 Å². The van der Waals surface area contributed by atoms with E-state index in [1.807, 2.05) is 54.6 Å². The van der Waals surface area contributed by atoms with E-state index in [0.29, 0.717) is 10.2 Å². The molecule has 5 rings (SSSR count). The highest BCUT2D eigenvalue weighted by Gasteiger charge is 2.16. The van der Waals surface area contributed by atoms with Gasteiger partial charge in [0.15, 0.2) is 0 Å². The van der Waals surface area contributed by atoms with Gasteiger partial charge in [-0.3, -0.25) is 5.43 Å². The number of halogens is 1. The third-order valence-corrected chi connectivity index (χ3v) is 7.79. The second kappa shape index (κ2) is 11.0. The number of benzene rings is 4. The molecular weight excluding hydrogens is 526 g/mol. The number of nitrogens with zero attached hydrogens (tertiary/aromatic N) is 2. The monoisotopic (exact) mass is 545 g/mol. The molecule has 0 atom stereocenters. The van der Waals surface area contributed by atoms with Crippen LogP contribution in [0.15, 0.2) is 119 Å². The first-order valence-corrected chi connectivity index (χ1v) is 13.8. The molecular formula is C28H20ClN3O3S2. The van der Waals surface area contributed by atoms with Crippen molar-refractivity contribution in [1.82, 2.24) is 4.98 Å². The Kier molecular flexibility index (Phi) is 7.32. The number of anilines is 1. The maximum Gasteiger partial charge on any atom is 0.339 e. The second-order valence-corrected chi connectivity index (χ2v) is 10.8. The Morgan fingerprint density at radius 3 is 2.14 bits per heavy atom. The van der Waals surface area contributed by atoms with Gasteiger partial charge in [0, 0.05) is 10.6 Å². The summed E-state index contributed by atoms with van der Waals surface area (Å²) in [5.74, 6) is 0.217. The van der Waals surface area contributed by atoms with E-state index in [-0.39, 0.29) is 10.6 Å². The van der Waals surface area contributed by atoms with Crippen molar-refractivity contribution in [2.45, 2.75) is 4.90 Å². The van der Waals surface area contributed by atoms with Crippen molar-refractivity contribution in [1.29, 1.82) is 0 Å². The minimum absolute atomic E-state index is 0.0983. The molecule has 5 aromatic rings. The molecule has 1 aromatic heterocycles. The van der Waals surface area contributed by atoms with Crippen molar-refractivity contribution in [2.24, 2.45) is 5.10 Å². The Balaban J connectivity index is 1.31. The van der Waals surface area contributed by atoms with E-state index in [1.54, 1.807) is 48.7 Å². The highest BCUT2D eigenvalue weighted by Crippen LogP contribution is 2.39. The summed E-state index contributed by atoms with van der Waals surface area (Å²) in [6.07, 6.45) is 1.63. The Hall–Kier alpha value is -3.98. The van der Waals surface area contributed by atoms with E-state index in [9.17, 15) is 8.42 Å². The Labute approximate surface area is 224 Å². The normalized spacial score (nSPS) is 11.5. The van der Waals surface area contributed by atoms with Crippen LogP contribution in [0.4, 0.5) is 5.13 Å². The lowest BCUT2D eigenvalue weighted by molar-refractivity contribution is 0.486. The molecule has 0 radical (unpaired) electrons. The zero-order valence-corrected chi connectivity index (χ0v) is 21.7. The molecule has 0 amide bonds. The minimum atomic E-state index is -3.89. The molecule has 0 aliphatic carbocycles. The van der Waals surface area contributed by atoms with Gasteiger partial charge in [-0.1, -0.05) is 83.6 Å². The summed E-state index contributed by atoms with van der Waals surface area (Å²) in [6.45, 7) is 0. The number of thiazole rings is 1. The van der Waals surface area contributed by atoms with Crippen LogP contribution in [0.5, 0.6) is 5.75 Å². The van der Waals surface area contributed by atoms with E-state index < -0.39 is 10.1 Å². The minimum Gasteiger partial charge on any atom is -0.379 e. The summed E-state index contributed by atoms with van der Waals surface area (Å²) in [6, 6.07) is 32.2. The molecule has 4 aromatic carbocycles. The molecule has 0 bridgehead atoms. The van der Waals surface area contributed by atoms with Crippen molar-refractivity contribution in [3.05, 3.63) is 120 Å². The fourth-order valence-electron chi connectivity index (χ4n) is 3.49. The van der Waals surface area contributed by atoms with Gasteiger partial charge in [-0.2, -0.15) is 13.5 Å². The van der Waals surface area contributed by atoms with Gasteiger partial charge in [-0.15, -0.1) is 0 Å². The van der Waals surface area contributed by atoms with E-state index in [1.165, 1.54) is 23.5 Å². The second-order valence-electron chi connectivity index (χ2n) is 7.86. The topological polar surface area (TPSA) is 80.7 Å². The summed E-state index contributed by atoms with van der Waals surface area (Å²) >= 11 is 7.57. The lowest BCUT2D eigenvalue weighted by Gasteiger charge is -2.06. The van der Waals surface area contributed by atoms with Crippen LogP contribution in [0.25, 0.3) is 21.7 Å². The predicted molar refractivity (Wildman–Crippen MR) is 150 cm³/mol. The molecule has 0 saturated heterocycles. The van der Waals surface area contributed by atoms with Crippen molar-refractivity contribution < 1.29 is 12.6 Å². The number of hydrogen-bond acceptors (Lipinski definition) is 7. The van der Waals surface area contributed by atoms with Gasteiger partial charge in [0.25, 0.3) is 0 Å². The van der Waals surface area contributed by atoms with Gasteiger partial charge in [-0.25, -0.2) is 4.98 Å². The lowest BCUT2D eigenvalue weighted by atomic mass is 10.1. The Bertz CT molecular complexity index is 1620. The van der Waals surface area contributed by atoms with Crippen LogP contribution in [0.1, 0.15) is 5.56 Å². The molecule has 37 heavy (non-hydrogen) atoms. The zero-order chi connectivity index (χ0) is 25.7. The highest BCUT2D eigenvalue weighted by molar-refractivity contribution is 7.87. The highest BCUT2D eigenvalue weighted by atomic mass is 35.5. The van der Waals surface area contributed by atoms with Gasteiger partial charge in [-0.05, 0) is 59.7 Å². The van der Waals surface area contributed by atoms with Crippen LogP contribution in [0.3, 0.4) is 0 Å². The van der Waals surface area contributed by atoms with Gasteiger partial charge in [0.2, 0.25) is 5.13 Å². The lowest BCUT2D eigenvalue weighted by Crippen LogP contribution is -2.09. The summed E-state index contributed by atoms with van der Waals surface area (Å²) in [5.41, 5.74) is 6.62. The molecule has 0 aliphatic rings. The molecule has 1 heterocycles. The molecule has 0 aliphatic heterocycles. The first-order chi connectivity index (χ1) is 18.0. The van der Waals surface area contributed by atoms with Crippen molar-refractivity contribution >= 4 is 44.4 Å². The standard InChI is InChI=1S/C28H20ClN3O3S2/c29-23-15-13-21(14-16-23)26-27(22-7-3-1-4-8-22)36-28(31-26)32-30-19-20-11-17-24(18-12-20)35-37(33,34)25-9-5-2-6-10-25/h1-19H,(H,31,32)/b30-19+. The van der Waals surface area contributed by atoms with Crippen LogP contribution in [-0.4, -0.2) is 19.6 Å². The van der Waals surface area contributed by atoms with Crippen LogP contribution in [0, 0.1) is 0 Å². The molecule has 1 N–H and O–H groups in total. The summed E-state index contributed by atoms with van der Waals surface area (Å²) in [7, 11) is -3.89.